The zero-order chi connectivity index (χ0) is 16.8. The van der Waals surface area contributed by atoms with Gasteiger partial charge in [0.2, 0.25) is 0 Å². The van der Waals surface area contributed by atoms with Crippen molar-refractivity contribution in [1.29, 1.82) is 0 Å². The molecule has 23 heavy (non-hydrogen) atoms. The topological polar surface area (TPSA) is 20.2 Å². The van der Waals surface area contributed by atoms with Crippen LogP contribution in [0.5, 0.6) is 0 Å². The van der Waals surface area contributed by atoms with Crippen LogP contribution in [0.1, 0.15) is 110 Å². The number of hydrogen-bond acceptors (Lipinski definition) is 1. The van der Waals surface area contributed by atoms with Crippen LogP contribution in [0.2, 0.25) is 0 Å². The first kappa shape index (κ1) is 22.4. The molecule has 136 valence electrons. The van der Waals surface area contributed by atoms with E-state index in [9.17, 15) is 0 Å². The molecule has 0 aliphatic rings. The Hall–Kier alpha value is -0.560. The lowest BCUT2D eigenvalue weighted by molar-refractivity contribution is 0.302. The van der Waals surface area contributed by atoms with Gasteiger partial charge in [0.05, 0.1) is 0 Å². The zero-order valence-electron chi connectivity index (χ0n) is 15.8. The normalized spacial score (nSPS) is 11.9. The molecule has 1 heteroatoms. The Kier molecular flexibility index (Phi) is 20.9. The van der Waals surface area contributed by atoms with Crippen LogP contribution in [0.25, 0.3) is 0 Å². The molecule has 0 radical (unpaired) electrons. The first-order valence-corrected chi connectivity index (χ1v) is 10.3. The van der Waals surface area contributed by atoms with Gasteiger partial charge in [0.25, 0.3) is 0 Å². The number of allylic oxidation sites excluding steroid dienone is 3. The van der Waals surface area contributed by atoms with Crippen molar-refractivity contribution in [2.75, 3.05) is 6.61 Å². The van der Waals surface area contributed by atoms with Crippen molar-refractivity contribution in [1.82, 2.24) is 0 Å². The van der Waals surface area contributed by atoms with Crippen LogP contribution >= 0.6 is 0 Å². The maximum absolute atomic E-state index is 8.63. The summed E-state index contributed by atoms with van der Waals surface area (Å²) in [5, 5.41) is 8.63. The van der Waals surface area contributed by atoms with Crippen LogP contribution < -0.4 is 0 Å². The van der Waals surface area contributed by atoms with Crippen molar-refractivity contribution >= 4 is 0 Å². The highest BCUT2D eigenvalue weighted by Gasteiger charge is 1.93. The van der Waals surface area contributed by atoms with Crippen molar-refractivity contribution in [3.63, 3.8) is 0 Å². The van der Waals surface area contributed by atoms with E-state index in [1.165, 1.54) is 96.3 Å². The third-order valence-electron chi connectivity index (χ3n) is 4.40. The Morgan fingerprint density at radius 3 is 1.35 bits per heavy atom. The average molecular weight is 323 g/mol. The molecular formula is C22H42O. The molecule has 0 spiro atoms. The van der Waals surface area contributed by atoms with Crippen LogP contribution in [0.3, 0.4) is 0 Å². The summed E-state index contributed by atoms with van der Waals surface area (Å²) in [4.78, 5) is 0. The van der Waals surface area contributed by atoms with Crippen LogP contribution in [-0.2, 0) is 0 Å². The summed E-state index contributed by atoms with van der Waals surface area (Å²) in [7, 11) is 0. The lowest BCUT2D eigenvalue weighted by Gasteiger charge is -2.02. The monoisotopic (exact) mass is 322 g/mol. The summed E-state index contributed by atoms with van der Waals surface area (Å²) in [5.41, 5.74) is 0. The number of aliphatic hydroxyl groups excluding tert-OH is 1. The average Bonchev–Trinajstić information content (AvgIpc) is 2.57. The van der Waals surface area contributed by atoms with Gasteiger partial charge in [-0.25, -0.2) is 0 Å². The van der Waals surface area contributed by atoms with Gasteiger partial charge in [-0.15, -0.1) is 0 Å². The molecule has 0 aliphatic heterocycles. The second-order valence-corrected chi connectivity index (χ2v) is 6.75. The SMILES string of the molecule is CCCCCCCCCCCCCCCC/C=C/C=C/CCO. The maximum Gasteiger partial charge on any atom is 0.0465 e. The molecule has 0 aromatic rings. The molecule has 1 nitrogen and oxygen atoms in total. The molecule has 0 rings (SSSR count). The molecule has 0 atom stereocenters. The Labute approximate surface area is 146 Å². The second-order valence-electron chi connectivity index (χ2n) is 6.75. The summed E-state index contributed by atoms with van der Waals surface area (Å²) in [6, 6.07) is 0. The van der Waals surface area contributed by atoms with Crippen LogP contribution in [-0.4, -0.2) is 11.7 Å². The summed E-state index contributed by atoms with van der Waals surface area (Å²) in [6.45, 7) is 2.54. The Balaban J connectivity index is 3.05. The molecule has 0 unspecified atom stereocenters. The van der Waals surface area contributed by atoms with E-state index in [1.807, 2.05) is 12.2 Å². The minimum absolute atomic E-state index is 0.253. The lowest BCUT2D eigenvalue weighted by Crippen LogP contribution is -1.83. The molecule has 0 aliphatic carbocycles. The first-order valence-electron chi connectivity index (χ1n) is 10.3. The van der Waals surface area contributed by atoms with E-state index in [-0.39, 0.29) is 6.61 Å². The molecule has 0 saturated carbocycles. The number of unbranched alkanes of at least 4 members (excludes halogenated alkanes) is 14. The largest absolute Gasteiger partial charge is 0.396 e. The lowest BCUT2D eigenvalue weighted by atomic mass is 10.0. The minimum atomic E-state index is 0.253. The Morgan fingerprint density at radius 2 is 0.913 bits per heavy atom. The van der Waals surface area contributed by atoms with E-state index in [0.29, 0.717) is 0 Å². The van der Waals surface area contributed by atoms with Crippen LogP contribution in [0.4, 0.5) is 0 Å². The highest BCUT2D eigenvalue weighted by atomic mass is 16.2. The summed E-state index contributed by atoms with van der Waals surface area (Å²) < 4.78 is 0. The molecule has 1 N–H and O–H groups in total. The predicted octanol–water partition coefficient (Wildman–Crippen LogP) is 7.35. The molecule has 0 heterocycles. The van der Waals surface area contributed by atoms with Gasteiger partial charge in [0.1, 0.15) is 0 Å². The molecule has 0 amide bonds. The number of aliphatic hydroxyl groups is 1. The van der Waals surface area contributed by atoms with Crippen molar-refractivity contribution in [3.05, 3.63) is 24.3 Å². The van der Waals surface area contributed by atoms with Crippen molar-refractivity contribution in [2.45, 2.75) is 110 Å². The standard InChI is InChI=1S/C22H42O/c1-2-3-4-5-6-7-8-9-10-11-12-13-14-15-16-17-18-19-20-21-22-23/h17-20,23H,2-16,21-22H2,1H3/b18-17+,20-19+. The molecular weight excluding hydrogens is 280 g/mol. The van der Waals surface area contributed by atoms with Gasteiger partial charge in [0.15, 0.2) is 0 Å². The fourth-order valence-electron chi connectivity index (χ4n) is 2.88. The predicted molar refractivity (Wildman–Crippen MR) is 105 cm³/mol. The van der Waals surface area contributed by atoms with Crippen molar-refractivity contribution in [3.8, 4) is 0 Å². The first-order chi connectivity index (χ1) is 11.4. The van der Waals surface area contributed by atoms with Gasteiger partial charge in [-0.3, -0.25) is 0 Å². The van der Waals surface area contributed by atoms with Gasteiger partial charge >= 0.3 is 0 Å². The Bertz CT molecular complexity index is 255. The van der Waals surface area contributed by atoms with Crippen molar-refractivity contribution < 1.29 is 5.11 Å². The van der Waals surface area contributed by atoms with E-state index < -0.39 is 0 Å². The maximum atomic E-state index is 8.63. The van der Waals surface area contributed by atoms with Gasteiger partial charge < -0.3 is 5.11 Å². The summed E-state index contributed by atoms with van der Waals surface area (Å²) >= 11 is 0. The molecule has 0 aromatic carbocycles. The van der Waals surface area contributed by atoms with E-state index in [1.54, 1.807) is 0 Å². The van der Waals surface area contributed by atoms with Crippen LogP contribution in [0, 0.1) is 0 Å². The summed E-state index contributed by atoms with van der Waals surface area (Å²) in [5.74, 6) is 0. The van der Waals surface area contributed by atoms with Crippen molar-refractivity contribution in [2.24, 2.45) is 0 Å². The van der Waals surface area contributed by atoms with Crippen LogP contribution in [0.15, 0.2) is 24.3 Å². The fraction of sp³-hybridized carbons (Fsp3) is 0.818. The fourth-order valence-corrected chi connectivity index (χ4v) is 2.88. The summed E-state index contributed by atoms with van der Waals surface area (Å²) in [6.07, 6.45) is 30.3. The molecule has 0 saturated heterocycles. The smallest absolute Gasteiger partial charge is 0.0465 e. The number of hydrogen-bond donors (Lipinski definition) is 1. The molecule has 0 bridgehead atoms. The third kappa shape index (κ3) is 21.4. The number of rotatable bonds is 18. The highest BCUT2D eigenvalue weighted by Crippen LogP contribution is 2.13. The van der Waals surface area contributed by atoms with Gasteiger partial charge in [-0.05, 0) is 19.3 Å². The highest BCUT2D eigenvalue weighted by molar-refractivity contribution is 5.02. The Morgan fingerprint density at radius 1 is 0.522 bits per heavy atom. The molecule has 0 fully saturated rings. The quantitative estimate of drug-likeness (QED) is 0.206. The van der Waals surface area contributed by atoms with E-state index in [4.69, 9.17) is 5.11 Å². The molecule has 0 aromatic heterocycles. The van der Waals surface area contributed by atoms with E-state index in [0.717, 1.165) is 6.42 Å². The second kappa shape index (κ2) is 21.4. The third-order valence-corrected chi connectivity index (χ3v) is 4.40. The van der Waals surface area contributed by atoms with Gasteiger partial charge in [-0.1, -0.05) is 115 Å². The van der Waals surface area contributed by atoms with Gasteiger partial charge in [0, 0.05) is 6.61 Å². The van der Waals surface area contributed by atoms with E-state index in [2.05, 4.69) is 19.1 Å². The van der Waals surface area contributed by atoms with E-state index >= 15 is 0 Å². The minimum Gasteiger partial charge on any atom is -0.396 e. The van der Waals surface area contributed by atoms with Gasteiger partial charge in [-0.2, -0.15) is 0 Å². The zero-order valence-corrected chi connectivity index (χ0v) is 15.8.